The fourth-order valence-electron chi connectivity index (χ4n) is 3.74. The molecule has 2 unspecified atom stereocenters. The van der Waals surface area contributed by atoms with Gasteiger partial charge in [0.25, 0.3) is 16.1 Å². The molecule has 1 aromatic rings. The average molecular weight is 369 g/mol. The van der Waals surface area contributed by atoms with Crippen LogP contribution in [0.2, 0.25) is 0 Å². The van der Waals surface area contributed by atoms with Crippen LogP contribution in [0, 0.1) is 11.8 Å². The number of amides is 1. The minimum atomic E-state index is -3.54. The van der Waals surface area contributed by atoms with E-state index in [0.29, 0.717) is 18.8 Å². The number of nitrogens with one attached hydrogen (secondary N) is 2. The molecule has 3 rings (SSSR count). The molecule has 1 saturated heterocycles. The first-order chi connectivity index (χ1) is 11.7. The summed E-state index contributed by atoms with van der Waals surface area (Å²) in [5.41, 5.74) is 2.60. The summed E-state index contributed by atoms with van der Waals surface area (Å²) < 4.78 is 28.3. The Morgan fingerprint density at radius 3 is 2.68 bits per heavy atom. The highest BCUT2D eigenvalue weighted by molar-refractivity contribution is 7.87. The fourth-order valence-corrected chi connectivity index (χ4v) is 4.58. The Kier molecular flexibility index (Phi) is 4.91. The highest BCUT2D eigenvalue weighted by Crippen LogP contribution is 2.29. The van der Waals surface area contributed by atoms with Crippen LogP contribution in [0.1, 0.15) is 42.0 Å². The van der Waals surface area contributed by atoms with Crippen molar-refractivity contribution >= 4 is 16.1 Å². The van der Waals surface area contributed by atoms with E-state index in [1.807, 2.05) is 0 Å². The van der Waals surface area contributed by atoms with Crippen molar-refractivity contribution in [1.82, 2.24) is 24.1 Å². The standard InChI is InChI=1S/C16H27N5O3S/c1-10(2)12-8-21(9-14(12)19-25(23,24)20(3)4)16(22)15-11-6-5-7-13(11)17-18-15/h10,12,14,19H,5-9H2,1-4H3,(H,17,18). The Morgan fingerprint density at radius 2 is 2.04 bits per heavy atom. The van der Waals surface area contributed by atoms with Gasteiger partial charge in [0.2, 0.25) is 0 Å². The molecule has 0 bridgehead atoms. The number of hydrogen-bond acceptors (Lipinski definition) is 4. The number of fused-ring (bicyclic) bond motifs is 1. The third-order valence-electron chi connectivity index (χ3n) is 5.30. The van der Waals surface area contributed by atoms with E-state index in [4.69, 9.17) is 0 Å². The molecular weight excluding hydrogens is 342 g/mol. The Bertz CT molecular complexity index is 756. The lowest BCUT2D eigenvalue weighted by atomic mass is 9.92. The smallest absolute Gasteiger partial charge is 0.279 e. The minimum Gasteiger partial charge on any atom is -0.335 e. The van der Waals surface area contributed by atoms with Gasteiger partial charge in [-0.3, -0.25) is 9.89 Å². The molecule has 1 aliphatic carbocycles. The van der Waals surface area contributed by atoms with Gasteiger partial charge in [-0.25, -0.2) is 0 Å². The van der Waals surface area contributed by atoms with Gasteiger partial charge in [-0.05, 0) is 31.1 Å². The molecule has 0 radical (unpaired) electrons. The number of hydrogen-bond donors (Lipinski definition) is 2. The van der Waals surface area contributed by atoms with Crippen molar-refractivity contribution in [3.05, 3.63) is 17.0 Å². The molecule has 2 aliphatic rings. The zero-order valence-electron chi connectivity index (χ0n) is 15.2. The van der Waals surface area contributed by atoms with E-state index >= 15 is 0 Å². The lowest BCUT2D eigenvalue weighted by molar-refractivity contribution is 0.0776. The van der Waals surface area contributed by atoms with Gasteiger partial charge in [-0.15, -0.1) is 0 Å². The number of aromatic nitrogens is 2. The maximum atomic E-state index is 12.9. The Hall–Kier alpha value is -1.45. The number of aryl methyl sites for hydroxylation is 1. The first-order valence-electron chi connectivity index (χ1n) is 8.76. The molecule has 2 N–H and O–H groups in total. The molecule has 1 amide bonds. The molecule has 0 aromatic carbocycles. The van der Waals surface area contributed by atoms with Crippen LogP contribution in [0.5, 0.6) is 0 Å². The summed E-state index contributed by atoms with van der Waals surface area (Å²) in [6, 6.07) is -0.289. The Morgan fingerprint density at radius 1 is 1.32 bits per heavy atom. The van der Waals surface area contributed by atoms with Crippen molar-refractivity contribution in [1.29, 1.82) is 0 Å². The van der Waals surface area contributed by atoms with Crippen molar-refractivity contribution in [2.75, 3.05) is 27.2 Å². The predicted octanol–water partition coefficient (Wildman–Crippen LogP) is 0.391. The van der Waals surface area contributed by atoms with E-state index in [1.54, 1.807) is 4.90 Å². The van der Waals surface area contributed by atoms with Crippen LogP contribution >= 0.6 is 0 Å². The molecule has 2 atom stereocenters. The van der Waals surface area contributed by atoms with Crippen molar-refractivity contribution in [2.24, 2.45) is 11.8 Å². The van der Waals surface area contributed by atoms with Crippen molar-refractivity contribution in [3.8, 4) is 0 Å². The van der Waals surface area contributed by atoms with Crippen molar-refractivity contribution in [2.45, 2.75) is 39.2 Å². The normalized spacial score (nSPS) is 23.7. The third-order valence-corrected chi connectivity index (χ3v) is 6.86. The molecule has 1 fully saturated rings. The second-order valence-electron chi connectivity index (χ2n) is 7.51. The number of nitrogens with zero attached hydrogens (tertiary/aromatic N) is 3. The van der Waals surface area contributed by atoms with Crippen LogP contribution in [0.3, 0.4) is 0 Å². The van der Waals surface area contributed by atoms with Crippen LogP contribution in [0.4, 0.5) is 0 Å². The van der Waals surface area contributed by atoms with Gasteiger partial charge in [0.15, 0.2) is 5.69 Å². The minimum absolute atomic E-state index is 0.0747. The number of H-pyrrole nitrogens is 1. The van der Waals surface area contributed by atoms with Gasteiger partial charge >= 0.3 is 0 Å². The molecule has 8 nitrogen and oxygen atoms in total. The van der Waals surface area contributed by atoms with Gasteiger partial charge in [0.05, 0.1) is 0 Å². The van der Waals surface area contributed by atoms with Crippen molar-refractivity contribution < 1.29 is 13.2 Å². The van der Waals surface area contributed by atoms with E-state index in [9.17, 15) is 13.2 Å². The lowest BCUT2D eigenvalue weighted by Crippen LogP contribution is -2.46. The van der Waals surface area contributed by atoms with Crippen LogP contribution in [0.15, 0.2) is 0 Å². The largest absolute Gasteiger partial charge is 0.335 e. The van der Waals surface area contributed by atoms with Gasteiger partial charge in [-0.1, -0.05) is 13.8 Å². The summed E-state index contributed by atoms with van der Waals surface area (Å²) in [7, 11) is -0.542. The molecule has 25 heavy (non-hydrogen) atoms. The monoisotopic (exact) mass is 369 g/mol. The molecule has 1 aliphatic heterocycles. The third kappa shape index (κ3) is 3.45. The van der Waals surface area contributed by atoms with E-state index in [2.05, 4.69) is 28.8 Å². The van der Waals surface area contributed by atoms with Crippen LogP contribution < -0.4 is 4.72 Å². The second kappa shape index (κ2) is 6.69. The Balaban J connectivity index is 1.78. The SMILES string of the molecule is CC(C)C1CN(C(=O)c2n[nH]c3c2CCC3)CC1NS(=O)(=O)N(C)C. The first kappa shape index (κ1) is 18.3. The number of likely N-dealkylation sites (tertiary alicyclic amines) is 1. The molecule has 0 spiro atoms. The fraction of sp³-hybridized carbons (Fsp3) is 0.750. The van der Waals surface area contributed by atoms with Crippen LogP contribution in [-0.2, 0) is 23.1 Å². The summed E-state index contributed by atoms with van der Waals surface area (Å²) in [5.74, 6) is 0.236. The lowest BCUT2D eigenvalue weighted by Gasteiger charge is -2.24. The van der Waals surface area contributed by atoms with Crippen LogP contribution in [0.25, 0.3) is 0 Å². The average Bonchev–Trinajstić information content (AvgIpc) is 3.20. The van der Waals surface area contributed by atoms with Gasteiger partial charge in [0.1, 0.15) is 0 Å². The Labute approximate surface area is 149 Å². The predicted molar refractivity (Wildman–Crippen MR) is 94.4 cm³/mol. The van der Waals surface area contributed by atoms with Crippen LogP contribution in [-0.4, -0.2) is 67.0 Å². The van der Waals surface area contributed by atoms with E-state index < -0.39 is 10.2 Å². The number of rotatable bonds is 5. The highest BCUT2D eigenvalue weighted by atomic mass is 32.2. The zero-order valence-corrected chi connectivity index (χ0v) is 16.1. The molecule has 0 saturated carbocycles. The van der Waals surface area contributed by atoms with Crippen molar-refractivity contribution in [3.63, 3.8) is 0 Å². The number of carbonyl (C=O) groups excluding carboxylic acids is 1. The molecule has 1 aromatic heterocycles. The molecular formula is C16H27N5O3S. The maximum Gasteiger partial charge on any atom is 0.279 e. The number of aromatic amines is 1. The number of carbonyl (C=O) groups is 1. The molecule has 2 heterocycles. The van der Waals surface area contributed by atoms with E-state index in [-0.39, 0.29) is 23.8 Å². The summed E-state index contributed by atoms with van der Waals surface area (Å²) in [6.07, 6.45) is 2.87. The zero-order chi connectivity index (χ0) is 18.4. The highest BCUT2D eigenvalue weighted by Gasteiger charge is 2.40. The quantitative estimate of drug-likeness (QED) is 0.784. The first-order valence-corrected chi connectivity index (χ1v) is 10.2. The topological polar surface area (TPSA) is 98.4 Å². The second-order valence-corrected chi connectivity index (χ2v) is 9.43. The maximum absolute atomic E-state index is 12.9. The summed E-state index contributed by atoms with van der Waals surface area (Å²) >= 11 is 0. The van der Waals surface area contributed by atoms with E-state index in [1.165, 1.54) is 14.1 Å². The summed E-state index contributed by atoms with van der Waals surface area (Å²) in [4.78, 5) is 14.7. The van der Waals surface area contributed by atoms with Gasteiger partial charge < -0.3 is 4.90 Å². The van der Waals surface area contributed by atoms with Gasteiger partial charge in [0, 0.05) is 44.5 Å². The molecule has 140 valence electrons. The van der Waals surface area contributed by atoms with Gasteiger partial charge in [-0.2, -0.15) is 22.5 Å². The molecule has 9 heteroatoms. The summed E-state index contributed by atoms with van der Waals surface area (Å²) in [6.45, 7) is 5.03. The summed E-state index contributed by atoms with van der Waals surface area (Å²) in [5, 5.41) is 7.19. The van der Waals surface area contributed by atoms with E-state index in [0.717, 1.165) is 34.8 Å².